The van der Waals surface area contributed by atoms with Gasteiger partial charge in [0.1, 0.15) is 29.2 Å². The standard InChI is InChI=1S/C22H21N5O2/c1-15-25-20(13-21(26-15)27-19-9-4-3-7-17(19)14-23)22(28)24-11-10-16-6-5-8-18(12-16)29-2/h3-9,12-13H,10-11H2,1-2H3,(H,24,28)(H,25,26,27). The predicted octanol–water partition coefficient (Wildman–Crippen LogP) is 3.38. The first-order chi connectivity index (χ1) is 14.1. The van der Waals surface area contributed by atoms with E-state index >= 15 is 0 Å². The number of nitrogens with one attached hydrogen (secondary N) is 2. The Bertz CT molecular complexity index is 1060. The Balaban J connectivity index is 1.67. The Morgan fingerprint density at radius 2 is 1.97 bits per heavy atom. The highest BCUT2D eigenvalue weighted by Crippen LogP contribution is 2.19. The molecule has 7 nitrogen and oxygen atoms in total. The first kappa shape index (κ1) is 19.8. The largest absolute Gasteiger partial charge is 0.497 e. The second kappa shape index (κ2) is 9.33. The molecule has 29 heavy (non-hydrogen) atoms. The van der Waals surface area contributed by atoms with Gasteiger partial charge in [-0.1, -0.05) is 24.3 Å². The number of hydrogen-bond acceptors (Lipinski definition) is 6. The number of para-hydroxylation sites is 1. The fourth-order valence-corrected chi connectivity index (χ4v) is 2.81. The Hall–Kier alpha value is -3.92. The number of ether oxygens (including phenoxy) is 1. The molecule has 0 aliphatic carbocycles. The van der Waals surface area contributed by atoms with Gasteiger partial charge >= 0.3 is 0 Å². The predicted molar refractivity (Wildman–Crippen MR) is 110 cm³/mol. The summed E-state index contributed by atoms with van der Waals surface area (Å²) in [5.74, 6) is 1.42. The van der Waals surface area contributed by atoms with Gasteiger partial charge in [-0.05, 0) is 43.2 Å². The first-order valence-electron chi connectivity index (χ1n) is 9.12. The van der Waals surface area contributed by atoms with Crippen LogP contribution in [0, 0.1) is 18.3 Å². The van der Waals surface area contributed by atoms with E-state index in [0.717, 1.165) is 11.3 Å². The number of nitriles is 1. The minimum Gasteiger partial charge on any atom is -0.497 e. The highest BCUT2D eigenvalue weighted by Gasteiger charge is 2.11. The van der Waals surface area contributed by atoms with Gasteiger partial charge in [-0.25, -0.2) is 9.97 Å². The average Bonchev–Trinajstić information content (AvgIpc) is 2.74. The highest BCUT2D eigenvalue weighted by atomic mass is 16.5. The quantitative estimate of drug-likeness (QED) is 0.645. The lowest BCUT2D eigenvalue weighted by Crippen LogP contribution is -2.27. The number of methoxy groups -OCH3 is 1. The van der Waals surface area contributed by atoms with Crippen molar-refractivity contribution < 1.29 is 9.53 Å². The number of hydrogen-bond donors (Lipinski definition) is 2. The number of anilines is 2. The maximum absolute atomic E-state index is 12.5. The van der Waals surface area contributed by atoms with Crippen molar-refractivity contribution in [3.05, 3.63) is 77.2 Å². The summed E-state index contributed by atoms with van der Waals surface area (Å²) in [5.41, 5.74) is 2.45. The van der Waals surface area contributed by atoms with Crippen LogP contribution in [0.4, 0.5) is 11.5 Å². The molecule has 0 radical (unpaired) electrons. The maximum Gasteiger partial charge on any atom is 0.270 e. The molecule has 1 aromatic heterocycles. The number of aromatic nitrogens is 2. The van der Waals surface area contributed by atoms with Crippen molar-refractivity contribution in [2.75, 3.05) is 19.0 Å². The monoisotopic (exact) mass is 387 g/mol. The van der Waals surface area contributed by atoms with Crippen molar-refractivity contribution in [2.24, 2.45) is 0 Å². The summed E-state index contributed by atoms with van der Waals surface area (Å²) in [6, 6.07) is 18.5. The average molecular weight is 387 g/mol. The molecular weight excluding hydrogens is 366 g/mol. The van der Waals surface area contributed by atoms with Crippen LogP contribution in [0.1, 0.15) is 27.4 Å². The molecule has 0 bridgehead atoms. The molecule has 0 aliphatic rings. The first-order valence-corrected chi connectivity index (χ1v) is 9.12. The van der Waals surface area contributed by atoms with E-state index < -0.39 is 0 Å². The lowest BCUT2D eigenvalue weighted by molar-refractivity contribution is 0.0949. The zero-order valence-electron chi connectivity index (χ0n) is 16.3. The smallest absolute Gasteiger partial charge is 0.270 e. The summed E-state index contributed by atoms with van der Waals surface area (Å²) >= 11 is 0. The zero-order valence-corrected chi connectivity index (χ0v) is 16.3. The van der Waals surface area contributed by atoms with Crippen LogP contribution in [0.5, 0.6) is 5.75 Å². The van der Waals surface area contributed by atoms with Crippen molar-refractivity contribution >= 4 is 17.4 Å². The van der Waals surface area contributed by atoms with Crippen molar-refractivity contribution in [1.29, 1.82) is 5.26 Å². The van der Waals surface area contributed by atoms with Crippen LogP contribution < -0.4 is 15.4 Å². The summed E-state index contributed by atoms with van der Waals surface area (Å²) in [6.45, 7) is 2.18. The third kappa shape index (κ3) is 5.30. The molecule has 0 saturated carbocycles. The van der Waals surface area contributed by atoms with Gasteiger partial charge < -0.3 is 15.4 Å². The number of carbonyl (C=O) groups excluding carboxylic acids is 1. The summed E-state index contributed by atoms with van der Waals surface area (Å²) in [4.78, 5) is 21.1. The fourth-order valence-electron chi connectivity index (χ4n) is 2.81. The lowest BCUT2D eigenvalue weighted by atomic mass is 10.1. The van der Waals surface area contributed by atoms with E-state index in [-0.39, 0.29) is 11.6 Å². The summed E-state index contributed by atoms with van der Waals surface area (Å²) in [7, 11) is 1.62. The second-order valence-corrected chi connectivity index (χ2v) is 6.33. The van der Waals surface area contributed by atoms with Crippen LogP contribution in [0.2, 0.25) is 0 Å². The van der Waals surface area contributed by atoms with Gasteiger partial charge in [-0.2, -0.15) is 5.26 Å². The number of rotatable bonds is 7. The highest BCUT2D eigenvalue weighted by molar-refractivity contribution is 5.93. The normalized spacial score (nSPS) is 10.1. The molecule has 0 saturated heterocycles. The maximum atomic E-state index is 12.5. The van der Waals surface area contributed by atoms with Gasteiger partial charge in [0, 0.05) is 12.6 Å². The fraction of sp³-hybridized carbons (Fsp3) is 0.182. The van der Waals surface area contributed by atoms with Gasteiger partial charge in [0.05, 0.1) is 18.4 Å². The second-order valence-electron chi connectivity index (χ2n) is 6.33. The zero-order chi connectivity index (χ0) is 20.6. The third-order valence-corrected chi connectivity index (χ3v) is 4.21. The molecule has 0 aliphatic heterocycles. The van der Waals surface area contributed by atoms with Crippen molar-refractivity contribution in [2.45, 2.75) is 13.3 Å². The van der Waals surface area contributed by atoms with E-state index in [2.05, 4.69) is 26.7 Å². The molecule has 1 heterocycles. The SMILES string of the molecule is COc1cccc(CCNC(=O)c2cc(Nc3ccccc3C#N)nc(C)n2)c1. The lowest BCUT2D eigenvalue weighted by Gasteiger charge is -2.10. The molecule has 3 rings (SSSR count). The van der Waals surface area contributed by atoms with Gasteiger partial charge in [0.25, 0.3) is 5.91 Å². The molecule has 0 fully saturated rings. The van der Waals surface area contributed by atoms with Gasteiger partial charge in [0.15, 0.2) is 0 Å². The summed E-state index contributed by atoms with van der Waals surface area (Å²) < 4.78 is 5.21. The van der Waals surface area contributed by atoms with Crippen LogP contribution >= 0.6 is 0 Å². The van der Waals surface area contributed by atoms with Crippen molar-refractivity contribution in [3.8, 4) is 11.8 Å². The van der Waals surface area contributed by atoms with Crippen LogP contribution in [0.25, 0.3) is 0 Å². The third-order valence-electron chi connectivity index (χ3n) is 4.21. The Morgan fingerprint density at radius 3 is 2.76 bits per heavy atom. The van der Waals surface area contributed by atoms with Crippen LogP contribution in [-0.2, 0) is 6.42 Å². The van der Waals surface area contributed by atoms with Crippen LogP contribution in [0.15, 0.2) is 54.6 Å². The van der Waals surface area contributed by atoms with E-state index in [9.17, 15) is 10.1 Å². The molecule has 7 heteroatoms. The summed E-state index contributed by atoms with van der Waals surface area (Å²) in [5, 5.41) is 15.2. The van der Waals surface area contributed by atoms with Crippen LogP contribution in [-0.4, -0.2) is 29.5 Å². The number of benzene rings is 2. The number of carbonyl (C=O) groups is 1. The molecule has 0 atom stereocenters. The van der Waals surface area contributed by atoms with Crippen molar-refractivity contribution in [1.82, 2.24) is 15.3 Å². The molecule has 0 spiro atoms. The van der Waals surface area contributed by atoms with Gasteiger partial charge in [-0.15, -0.1) is 0 Å². The van der Waals surface area contributed by atoms with Crippen molar-refractivity contribution in [3.63, 3.8) is 0 Å². The molecule has 1 amide bonds. The molecule has 0 unspecified atom stereocenters. The summed E-state index contributed by atoms with van der Waals surface area (Å²) in [6.07, 6.45) is 0.674. The topological polar surface area (TPSA) is 99.9 Å². The molecule has 2 N–H and O–H groups in total. The van der Waals surface area contributed by atoms with E-state index in [1.807, 2.05) is 30.3 Å². The minimum atomic E-state index is -0.282. The number of nitrogens with zero attached hydrogens (tertiary/aromatic N) is 3. The Kier molecular flexibility index (Phi) is 6.38. The van der Waals surface area contributed by atoms with E-state index in [4.69, 9.17) is 4.74 Å². The van der Waals surface area contributed by atoms with Gasteiger partial charge in [0.2, 0.25) is 0 Å². The van der Waals surface area contributed by atoms with Gasteiger partial charge in [-0.3, -0.25) is 4.79 Å². The van der Waals surface area contributed by atoms with E-state index in [1.165, 1.54) is 0 Å². The minimum absolute atomic E-state index is 0.264. The number of amides is 1. The Morgan fingerprint density at radius 1 is 1.14 bits per heavy atom. The molecule has 3 aromatic rings. The van der Waals surface area contributed by atoms with E-state index in [1.54, 1.807) is 38.3 Å². The Labute approximate surface area is 169 Å². The van der Waals surface area contributed by atoms with Crippen LogP contribution in [0.3, 0.4) is 0 Å². The van der Waals surface area contributed by atoms with E-state index in [0.29, 0.717) is 35.9 Å². The number of aryl methyl sites for hydroxylation is 1. The molecular formula is C22H21N5O2. The molecule has 2 aromatic carbocycles. The molecule has 146 valence electrons.